The van der Waals surface area contributed by atoms with E-state index in [1.54, 1.807) is 0 Å². The fourth-order valence-electron chi connectivity index (χ4n) is 9.21. The second-order valence-corrected chi connectivity index (χ2v) is 20.3. The summed E-state index contributed by atoms with van der Waals surface area (Å²) in [6, 6.07) is -0.546. The third kappa shape index (κ3) is 51.7. The standard InChI is InChI=1S/C60H115NO5/c1-3-5-7-9-11-13-15-17-18-19-20-22-25-29-32-36-40-44-48-52-58(63)57(56-62)61-59(64)53-49-45-41-37-33-30-26-23-21-24-27-31-35-39-43-47-51-55-66-60(65)54-50-46-42-38-34-28-16-14-12-10-8-6-4-2/h8,10,14,16,57-58,62-63H,3-7,9,11-13,15,17-56H2,1-2H3,(H,61,64)/b10-8-,16-14-. The minimum absolute atomic E-state index is 0.00948. The number of hydrogen-bond acceptors (Lipinski definition) is 5. The molecule has 0 fully saturated rings. The molecule has 0 aliphatic rings. The smallest absolute Gasteiger partial charge is 0.305 e. The van der Waals surface area contributed by atoms with E-state index in [4.69, 9.17) is 4.74 Å². The predicted octanol–water partition coefficient (Wildman–Crippen LogP) is 18.2. The van der Waals surface area contributed by atoms with E-state index < -0.39 is 12.1 Å². The number of rotatable bonds is 55. The fourth-order valence-corrected chi connectivity index (χ4v) is 9.21. The van der Waals surface area contributed by atoms with Crippen LogP contribution in [0.1, 0.15) is 322 Å². The van der Waals surface area contributed by atoms with Crippen LogP contribution in [-0.2, 0) is 14.3 Å². The highest BCUT2D eigenvalue weighted by Crippen LogP contribution is 2.18. The van der Waals surface area contributed by atoms with Gasteiger partial charge in [-0.3, -0.25) is 9.59 Å². The van der Waals surface area contributed by atoms with Crippen LogP contribution in [0.2, 0.25) is 0 Å². The van der Waals surface area contributed by atoms with Crippen LogP contribution in [-0.4, -0.2) is 47.4 Å². The number of nitrogens with one attached hydrogen (secondary N) is 1. The molecule has 6 heteroatoms. The molecule has 390 valence electrons. The first kappa shape index (κ1) is 64.3. The SMILES string of the molecule is CCC/C=C\C/C=C\CCCCCCCC(=O)OCCCCCCCCCCCCCCCCCCCC(=O)NC(CO)C(O)CCCCCCCCCCCCCCCCCCCCC. The molecule has 1 amide bonds. The summed E-state index contributed by atoms with van der Waals surface area (Å²) in [5.74, 6) is -0.0476. The minimum Gasteiger partial charge on any atom is -0.466 e. The Bertz CT molecular complexity index is 1030. The predicted molar refractivity (Wildman–Crippen MR) is 287 cm³/mol. The van der Waals surface area contributed by atoms with Crippen molar-refractivity contribution in [3.8, 4) is 0 Å². The third-order valence-electron chi connectivity index (χ3n) is 13.7. The number of ether oxygens (including phenoxy) is 1. The summed E-state index contributed by atoms with van der Waals surface area (Å²) < 4.78 is 5.46. The number of esters is 1. The van der Waals surface area contributed by atoms with Gasteiger partial charge in [0.05, 0.1) is 25.4 Å². The zero-order valence-electron chi connectivity index (χ0n) is 44.4. The summed E-state index contributed by atoms with van der Waals surface area (Å²) in [7, 11) is 0. The minimum atomic E-state index is -0.669. The highest BCUT2D eigenvalue weighted by atomic mass is 16.5. The molecular weight excluding hydrogens is 815 g/mol. The van der Waals surface area contributed by atoms with E-state index in [0.717, 1.165) is 51.4 Å². The van der Waals surface area contributed by atoms with Crippen LogP contribution in [0.25, 0.3) is 0 Å². The summed E-state index contributed by atoms with van der Waals surface area (Å²) in [6.45, 7) is 4.89. The number of unbranched alkanes of at least 4 members (excludes halogenated alkanes) is 40. The van der Waals surface area contributed by atoms with Gasteiger partial charge in [-0.1, -0.05) is 282 Å². The van der Waals surface area contributed by atoms with Crippen LogP contribution >= 0.6 is 0 Å². The molecule has 0 aromatic rings. The van der Waals surface area contributed by atoms with Crippen LogP contribution in [0.4, 0.5) is 0 Å². The van der Waals surface area contributed by atoms with Gasteiger partial charge in [0.2, 0.25) is 5.91 Å². The van der Waals surface area contributed by atoms with Crippen LogP contribution < -0.4 is 5.32 Å². The normalized spacial score (nSPS) is 12.7. The van der Waals surface area contributed by atoms with Gasteiger partial charge < -0.3 is 20.3 Å². The van der Waals surface area contributed by atoms with Gasteiger partial charge >= 0.3 is 5.97 Å². The van der Waals surface area contributed by atoms with E-state index in [9.17, 15) is 19.8 Å². The van der Waals surface area contributed by atoms with Crippen molar-refractivity contribution < 1.29 is 24.5 Å². The molecule has 0 aromatic carbocycles. The summed E-state index contributed by atoms with van der Waals surface area (Å²) >= 11 is 0. The van der Waals surface area contributed by atoms with Gasteiger partial charge in [0.25, 0.3) is 0 Å². The fraction of sp³-hybridized carbons (Fsp3) is 0.900. The van der Waals surface area contributed by atoms with Gasteiger partial charge in [0, 0.05) is 12.8 Å². The summed E-state index contributed by atoms with van der Waals surface area (Å²) in [4.78, 5) is 24.5. The van der Waals surface area contributed by atoms with Gasteiger partial charge in [-0.05, 0) is 51.4 Å². The number of amides is 1. The molecule has 0 aliphatic heterocycles. The van der Waals surface area contributed by atoms with E-state index in [1.807, 2.05) is 0 Å². The van der Waals surface area contributed by atoms with E-state index in [0.29, 0.717) is 25.9 Å². The average molecular weight is 931 g/mol. The highest BCUT2D eigenvalue weighted by Gasteiger charge is 2.20. The molecule has 66 heavy (non-hydrogen) atoms. The second-order valence-electron chi connectivity index (χ2n) is 20.3. The van der Waals surface area contributed by atoms with Gasteiger partial charge in [-0.15, -0.1) is 0 Å². The molecule has 0 aromatic heterocycles. The van der Waals surface area contributed by atoms with Crippen molar-refractivity contribution in [3.63, 3.8) is 0 Å². The molecule has 0 heterocycles. The first-order chi connectivity index (χ1) is 32.5. The quantitative estimate of drug-likeness (QED) is 0.0321. The van der Waals surface area contributed by atoms with E-state index >= 15 is 0 Å². The third-order valence-corrected chi connectivity index (χ3v) is 13.7. The number of carbonyl (C=O) groups excluding carboxylic acids is 2. The topological polar surface area (TPSA) is 95.9 Å². The molecule has 0 rings (SSSR count). The van der Waals surface area contributed by atoms with Crippen LogP contribution in [0.15, 0.2) is 24.3 Å². The lowest BCUT2D eigenvalue weighted by atomic mass is 10.0. The summed E-state index contributed by atoms with van der Waals surface area (Å²) in [6.07, 6.45) is 67.4. The maximum atomic E-state index is 12.5. The molecule has 0 saturated heterocycles. The van der Waals surface area contributed by atoms with Crippen LogP contribution in [0, 0.1) is 0 Å². The number of aliphatic hydroxyl groups is 2. The molecule has 0 aliphatic carbocycles. The van der Waals surface area contributed by atoms with Gasteiger partial charge in [-0.2, -0.15) is 0 Å². The zero-order valence-corrected chi connectivity index (χ0v) is 44.4. The Balaban J connectivity index is 3.42. The Hall–Kier alpha value is -1.66. The van der Waals surface area contributed by atoms with Crippen molar-refractivity contribution in [2.75, 3.05) is 13.2 Å². The molecule has 0 bridgehead atoms. The molecule has 6 nitrogen and oxygen atoms in total. The van der Waals surface area contributed by atoms with Gasteiger partial charge in [-0.25, -0.2) is 0 Å². The lowest BCUT2D eigenvalue weighted by molar-refractivity contribution is -0.143. The lowest BCUT2D eigenvalue weighted by Crippen LogP contribution is -2.45. The molecule has 0 saturated carbocycles. The molecule has 2 atom stereocenters. The molecule has 3 N–H and O–H groups in total. The highest BCUT2D eigenvalue weighted by molar-refractivity contribution is 5.76. The first-order valence-electron chi connectivity index (χ1n) is 29.6. The molecule has 2 unspecified atom stereocenters. The number of hydrogen-bond donors (Lipinski definition) is 3. The second kappa shape index (κ2) is 55.9. The van der Waals surface area contributed by atoms with E-state index in [2.05, 4.69) is 43.5 Å². The van der Waals surface area contributed by atoms with Crippen molar-refractivity contribution in [2.24, 2.45) is 0 Å². The Morgan fingerprint density at radius 2 is 0.788 bits per heavy atom. The van der Waals surface area contributed by atoms with Gasteiger partial charge in [0.15, 0.2) is 0 Å². The molecular formula is C60H115NO5. The van der Waals surface area contributed by atoms with E-state index in [1.165, 1.54) is 238 Å². The maximum absolute atomic E-state index is 12.5. The summed E-state index contributed by atoms with van der Waals surface area (Å²) in [5, 5.41) is 23.3. The van der Waals surface area contributed by atoms with Crippen LogP contribution in [0.3, 0.4) is 0 Å². The summed E-state index contributed by atoms with van der Waals surface area (Å²) in [5.41, 5.74) is 0. The molecule has 0 radical (unpaired) electrons. The van der Waals surface area contributed by atoms with Crippen molar-refractivity contribution in [1.29, 1.82) is 0 Å². The van der Waals surface area contributed by atoms with Crippen molar-refractivity contribution in [2.45, 2.75) is 334 Å². The Labute approximate surface area is 411 Å². The largest absolute Gasteiger partial charge is 0.466 e. The number of carbonyl (C=O) groups is 2. The Kier molecular flexibility index (Phi) is 54.5. The lowest BCUT2D eigenvalue weighted by Gasteiger charge is -2.22. The van der Waals surface area contributed by atoms with Crippen LogP contribution in [0.5, 0.6) is 0 Å². The van der Waals surface area contributed by atoms with Gasteiger partial charge in [0.1, 0.15) is 0 Å². The average Bonchev–Trinajstić information content (AvgIpc) is 3.32. The Morgan fingerprint density at radius 1 is 0.424 bits per heavy atom. The zero-order chi connectivity index (χ0) is 47.9. The van der Waals surface area contributed by atoms with Crippen molar-refractivity contribution in [3.05, 3.63) is 24.3 Å². The monoisotopic (exact) mass is 930 g/mol. The van der Waals surface area contributed by atoms with Crippen molar-refractivity contribution in [1.82, 2.24) is 5.32 Å². The number of allylic oxidation sites excluding steroid dienone is 4. The Morgan fingerprint density at radius 3 is 1.21 bits per heavy atom. The van der Waals surface area contributed by atoms with E-state index in [-0.39, 0.29) is 18.5 Å². The first-order valence-corrected chi connectivity index (χ1v) is 29.6. The van der Waals surface area contributed by atoms with Crippen molar-refractivity contribution >= 4 is 11.9 Å². The maximum Gasteiger partial charge on any atom is 0.305 e. The number of aliphatic hydroxyl groups excluding tert-OH is 2. The molecule has 0 spiro atoms.